The summed E-state index contributed by atoms with van der Waals surface area (Å²) in [5.41, 5.74) is 0.569. The zero-order valence-corrected chi connectivity index (χ0v) is 20.2. The molecule has 0 aliphatic heterocycles. The van der Waals surface area contributed by atoms with Gasteiger partial charge in [-0.2, -0.15) is 0 Å². The van der Waals surface area contributed by atoms with E-state index in [1.54, 1.807) is 18.2 Å². The number of ether oxygens (including phenoxy) is 1. The fourth-order valence-corrected chi connectivity index (χ4v) is 4.59. The monoisotopic (exact) mass is 494 g/mol. The second kappa shape index (κ2) is 12.2. The van der Waals surface area contributed by atoms with Gasteiger partial charge in [0.2, 0.25) is 5.91 Å². The van der Waals surface area contributed by atoms with Crippen LogP contribution in [0.3, 0.4) is 0 Å². The molecule has 2 amide bonds. The fourth-order valence-electron chi connectivity index (χ4n) is 4.08. The van der Waals surface area contributed by atoms with E-state index in [0.717, 1.165) is 25.7 Å². The summed E-state index contributed by atoms with van der Waals surface area (Å²) >= 11 is 12.7. The Morgan fingerprint density at radius 2 is 1.73 bits per heavy atom. The highest BCUT2D eigenvalue weighted by Crippen LogP contribution is 2.27. The number of benzene rings is 2. The number of hydrogen-bond donors (Lipinski definition) is 1. The third-order valence-corrected chi connectivity index (χ3v) is 6.61. The van der Waals surface area contributed by atoms with E-state index < -0.39 is 11.9 Å². The maximum atomic E-state index is 13.3. The van der Waals surface area contributed by atoms with Crippen molar-refractivity contribution in [3.8, 4) is 5.75 Å². The molecule has 1 aliphatic rings. The molecule has 178 valence electrons. The van der Waals surface area contributed by atoms with Crippen molar-refractivity contribution in [2.75, 3.05) is 6.61 Å². The summed E-state index contributed by atoms with van der Waals surface area (Å²) in [6.45, 7) is 1.63. The van der Waals surface area contributed by atoms with E-state index in [9.17, 15) is 14.0 Å². The average Bonchev–Trinajstić information content (AvgIpc) is 2.81. The summed E-state index contributed by atoms with van der Waals surface area (Å²) in [5, 5.41) is 3.96. The van der Waals surface area contributed by atoms with Crippen molar-refractivity contribution in [3.05, 3.63) is 63.9 Å². The van der Waals surface area contributed by atoms with Crippen LogP contribution in [0.4, 0.5) is 4.39 Å². The minimum absolute atomic E-state index is 0.0701. The molecule has 1 atom stereocenters. The number of nitrogens with one attached hydrogen (secondary N) is 1. The molecular formula is C25H29Cl2FN2O3. The normalized spacial score (nSPS) is 15.0. The second-order valence-corrected chi connectivity index (χ2v) is 9.05. The van der Waals surface area contributed by atoms with Gasteiger partial charge in [0.05, 0.1) is 0 Å². The number of halogens is 3. The highest BCUT2D eigenvalue weighted by molar-refractivity contribution is 6.36. The lowest BCUT2D eigenvalue weighted by atomic mass is 9.95. The zero-order valence-electron chi connectivity index (χ0n) is 18.7. The van der Waals surface area contributed by atoms with Crippen LogP contribution in [0.25, 0.3) is 0 Å². The van der Waals surface area contributed by atoms with E-state index in [1.807, 2.05) is 6.92 Å². The molecule has 0 unspecified atom stereocenters. The minimum Gasteiger partial charge on any atom is -0.484 e. The molecule has 8 heteroatoms. The Morgan fingerprint density at radius 3 is 2.33 bits per heavy atom. The van der Waals surface area contributed by atoms with Crippen LogP contribution in [0.1, 0.15) is 51.0 Å². The van der Waals surface area contributed by atoms with Crippen molar-refractivity contribution in [3.63, 3.8) is 0 Å². The SMILES string of the molecule is CC[C@@H](C(=O)NC1CCCCC1)N(Cc1c(Cl)cccc1Cl)C(=O)COc1ccc(F)cc1. The first kappa shape index (κ1) is 25.3. The van der Waals surface area contributed by atoms with Crippen LogP contribution in [0, 0.1) is 5.82 Å². The number of carbonyl (C=O) groups excluding carboxylic acids is 2. The maximum absolute atomic E-state index is 13.3. The van der Waals surface area contributed by atoms with Gasteiger partial charge in [-0.15, -0.1) is 0 Å². The van der Waals surface area contributed by atoms with E-state index >= 15 is 0 Å². The van der Waals surface area contributed by atoms with Crippen LogP contribution < -0.4 is 10.1 Å². The lowest BCUT2D eigenvalue weighted by Gasteiger charge is -2.33. The molecule has 1 N–H and O–H groups in total. The Bertz CT molecular complexity index is 929. The van der Waals surface area contributed by atoms with Crippen molar-refractivity contribution in [2.24, 2.45) is 0 Å². The van der Waals surface area contributed by atoms with Crippen LogP contribution >= 0.6 is 23.2 Å². The molecule has 2 aromatic carbocycles. The van der Waals surface area contributed by atoms with Gasteiger partial charge < -0.3 is 15.0 Å². The third-order valence-electron chi connectivity index (χ3n) is 5.90. The van der Waals surface area contributed by atoms with Gasteiger partial charge in [-0.05, 0) is 55.7 Å². The third kappa shape index (κ3) is 7.08. The minimum atomic E-state index is -0.705. The molecule has 1 fully saturated rings. The summed E-state index contributed by atoms with van der Waals surface area (Å²) in [5.74, 6) is -0.613. The zero-order chi connectivity index (χ0) is 23.8. The highest BCUT2D eigenvalue weighted by Gasteiger charge is 2.31. The quantitative estimate of drug-likeness (QED) is 0.481. The van der Waals surface area contributed by atoms with Crippen molar-refractivity contribution in [1.29, 1.82) is 0 Å². The van der Waals surface area contributed by atoms with E-state index in [1.165, 1.54) is 35.6 Å². The number of rotatable bonds is 9. The Balaban J connectivity index is 1.79. The molecule has 2 aromatic rings. The summed E-state index contributed by atoms with van der Waals surface area (Å²) in [4.78, 5) is 27.9. The predicted molar refractivity (Wildman–Crippen MR) is 128 cm³/mol. The molecule has 0 spiro atoms. The maximum Gasteiger partial charge on any atom is 0.261 e. The number of hydrogen-bond acceptors (Lipinski definition) is 3. The van der Waals surface area contributed by atoms with Gasteiger partial charge in [-0.1, -0.05) is 55.5 Å². The van der Waals surface area contributed by atoms with Gasteiger partial charge in [0, 0.05) is 28.2 Å². The van der Waals surface area contributed by atoms with Crippen LogP contribution in [0.15, 0.2) is 42.5 Å². The molecule has 1 saturated carbocycles. The molecule has 0 saturated heterocycles. The average molecular weight is 495 g/mol. The number of nitrogens with zero attached hydrogens (tertiary/aromatic N) is 1. The summed E-state index contributed by atoms with van der Waals surface area (Å²) in [6, 6.07) is 9.95. The van der Waals surface area contributed by atoms with Crippen molar-refractivity contribution in [1.82, 2.24) is 10.2 Å². The van der Waals surface area contributed by atoms with E-state index in [0.29, 0.717) is 27.8 Å². The number of carbonyl (C=O) groups is 2. The first-order chi connectivity index (χ1) is 15.9. The fraction of sp³-hybridized carbons (Fsp3) is 0.440. The lowest BCUT2D eigenvalue weighted by molar-refractivity contribution is -0.143. The van der Waals surface area contributed by atoms with Crippen molar-refractivity contribution >= 4 is 35.0 Å². The lowest BCUT2D eigenvalue weighted by Crippen LogP contribution is -2.52. The molecule has 0 radical (unpaired) electrons. The van der Waals surface area contributed by atoms with Gasteiger partial charge in [-0.25, -0.2) is 4.39 Å². The van der Waals surface area contributed by atoms with Crippen molar-refractivity contribution in [2.45, 2.75) is 64.1 Å². The second-order valence-electron chi connectivity index (χ2n) is 8.23. The molecule has 0 bridgehead atoms. The molecule has 1 aliphatic carbocycles. The Hall–Kier alpha value is -2.31. The smallest absolute Gasteiger partial charge is 0.261 e. The largest absolute Gasteiger partial charge is 0.484 e. The first-order valence-corrected chi connectivity index (χ1v) is 12.1. The van der Waals surface area contributed by atoms with Crippen LogP contribution in [0.5, 0.6) is 5.75 Å². The molecule has 5 nitrogen and oxygen atoms in total. The molecule has 0 aromatic heterocycles. The van der Waals surface area contributed by atoms with E-state index in [4.69, 9.17) is 27.9 Å². The van der Waals surface area contributed by atoms with Crippen molar-refractivity contribution < 1.29 is 18.7 Å². The van der Waals surface area contributed by atoms with Crippen LogP contribution in [-0.2, 0) is 16.1 Å². The molecular weight excluding hydrogens is 466 g/mol. The standard InChI is InChI=1S/C25H29Cl2FN2O3/c1-2-23(25(32)29-18-7-4-3-5-8-18)30(15-20-21(26)9-6-10-22(20)27)24(31)16-33-19-13-11-17(28)12-14-19/h6,9-14,18,23H,2-5,7-8,15-16H2,1H3,(H,29,32)/t23-/m0/s1. The summed E-state index contributed by atoms with van der Waals surface area (Å²) in [6.07, 6.45) is 5.67. The van der Waals surface area contributed by atoms with E-state index in [2.05, 4.69) is 5.32 Å². The van der Waals surface area contributed by atoms with Gasteiger partial charge >= 0.3 is 0 Å². The molecule has 0 heterocycles. The summed E-state index contributed by atoms with van der Waals surface area (Å²) < 4.78 is 18.7. The summed E-state index contributed by atoms with van der Waals surface area (Å²) in [7, 11) is 0. The van der Waals surface area contributed by atoms with Gasteiger partial charge in [0.1, 0.15) is 17.6 Å². The molecule has 3 rings (SSSR count). The predicted octanol–water partition coefficient (Wildman–Crippen LogP) is 5.77. The molecule has 33 heavy (non-hydrogen) atoms. The Kier molecular flexibility index (Phi) is 9.39. The van der Waals surface area contributed by atoms with Gasteiger partial charge in [-0.3, -0.25) is 9.59 Å². The first-order valence-electron chi connectivity index (χ1n) is 11.3. The Labute approximate surface area is 204 Å². The van der Waals surface area contributed by atoms with Gasteiger partial charge in [0.15, 0.2) is 6.61 Å². The van der Waals surface area contributed by atoms with Crippen LogP contribution in [0.2, 0.25) is 10.0 Å². The highest BCUT2D eigenvalue weighted by atomic mass is 35.5. The Morgan fingerprint density at radius 1 is 1.09 bits per heavy atom. The number of amides is 2. The van der Waals surface area contributed by atoms with Crippen LogP contribution in [-0.4, -0.2) is 35.4 Å². The topological polar surface area (TPSA) is 58.6 Å². The van der Waals surface area contributed by atoms with E-state index in [-0.39, 0.29) is 31.0 Å². The van der Waals surface area contributed by atoms with Gasteiger partial charge in [0.25, 0.3) is 5.91 Å².